The average molecular weight is 516 g/mol. The van der Waals surface area contributed by atoms with Gasteiger partial charge in [-0.05, 0) is 48.4 Å². The molecule has 0 atom stereocenters. The number of carbonyl (C=O) groups excluding carboxylic acids is 1. The lowest BCUT2D eigenvalue weighted by Gasteiger charge is -2.17. The molecule has 1 aromatic heterocycles. The number of fused-ring (bicyclic) bond motifs is 1. The number of benzene rings is 4. The summed E-state index contributed by atoms with van der Waals surface area (Å²) in [5, 5.41) is 8.88. The fourth-order valence-corrected chi connectivity index (χ4v) is 4.22. The molecule has 1 heterocycles. The third-order valence-electron chi connectivity index (χ3n) is 6.47. The first kappa shape index (κ1) is 25.6. The molecule has 7 nitrogen and oxygen atoms in total. The number of hydrogen-bond donors (Lipinski definition) is 2. The maximum Gasteiger partial charge on any atom is 0.277 e. The molecule has 194 valence electrons. The highest BCUT2D eigenvalue weighted by molar-refractivity contribution is 5.95. The summed E-state index contributed by atoms with van der Waals surface area (Å²) in [7, 11) is 3.04. The van der Waals surface area contributed by atoms with Gasteiger partial charge in [0.25, 0.3) is 5.91 Å². The van der Waals surface area contributed by atoms with Crippen molar-refractivity contribution in [3.63, 3.8) is 0 Å². The SMILES string of the molecule is C=C(Nc1cc(C(=O)N(C)OC)ccc1C)c1ccc(Nc2nc(-c3ccccc3)c3ccccc3n2)cc1. The Labute approximate surface area is 227 Å². The van der Waals surface area contributed by atoms with Crippen LogP contribution in [0.1, 0.15) is 21.5 Å². The molecule has 5 aromatic rings. The van der Waals surface area contributed by atoms with Gasteiger partial charge in [-0.1, -0.05) is 73.3 Å². The van der Waals surface area contributed by atoms with E-state index < -0.39 is 0 Å². The first-order valence-electron chi connectivity index (χ1n) is 12.5. The Morgan fingerprint density at radius 2 is 1.56 bits per heavy atom. The summed E-state index contributed by atoms with van der Waals surface area (Å²) in [6, 6.07) is 31.5. The van der Waals surface area contributed by atoms with E-state index in [-0.39, 0.29) is 5.91 Å². The molecule has 0 spiro atoms. The zero-order valence-corrected chi connectivity index (χ0v) is 22.1. The van der Waals surface area contributed by atoms with E-state index in [1.165, 1.54) is 12.2 Å². The van der Waals surface area contributed by atoms with E-state index in [2.05, 4.69) is 29.3 Å². The van der Waals surface area contributed by atoms with Gasteiger partial charge < -0.3 is 10.6 Å². The maximum absolute atomic E-state index is 12.5. The monoisotopic (exact) mass is 515 g/mol. The minimum absolute atomic E-state index is 0.229. The Hall–Kier alpha value is -5.01. The second-order valence-electron chi connectivity index (χ2n) is 9.10. The van der Waals surface area contributed by atoms with Gasteiger partial charge in [0.1, 0.15) is 0 Å². The molecule has 0 fully saturated rings. The van der Waals surface area contributed by atoms with E-state index in [4.69, 9.17) is 14.8 Å². The predicted octanol–water partition coefficient (Wildman–Crippen LogP) is 7.07. The van der Waals surface area contributed by atoms with Gasteiger partial charge in [0.05, 0.1) is 18.3 Å². The van der Waals surface area contributed by atoms with E-state index in [0.717, 1.165) is 44.7 Å². The van der Waals surface area contributed by atoms with Gasteiger partial charge in [0.15, 0.2) is 0 Å². The highest BCUT2D eigenvalue weighted by atomic mass is 16.7. The Morgan fingerprint density at radius 1 is 0.872 bits per heavy atom. The van der Waals surface area contributed by atoms with Crippen LogP contribution < -0.4 is 10.6 Å². The number of hydrogen-bond acceptors (Lipinski definition) is 6. The number of aryl methyl sites for hydroxylation is 1. The number of carbonyl (C=O) groups is 1. The molecule has 0 aliphatic rings. The number of para-hydroxylation sites is 1. The van der Waals surface area contributed by atoms with Crippen molar-refractivity contribution < 1.29 is 9.63 Å². The molecule has 39 heavy (non-hydrogen) atoms. The third kappa shape index (κ3) is 5.63. The first-order chi connectivity index (χ1) is 18.9. The quantitative estimate of drug-likeness (QED) is 0.215. The largest absolute Gasteiger partial charge is 0.355 e. The number of nitrogens with one attached hydrogen (secondary N) is 2. The molecule has 0 saturated heterocycles. The predicted molar refractivity (Wildman–Crippen MR) is 158 cm³/mol. The highest BCUT2D eigenvalue weighted by Gasteiger charge is 2.14. The second kappa shape index (κ2) is 11.2. The lowest BCUT2D eigenvalue weighted by Crippen LogP contribution is -2.25. The Balaban J connectivity index is 1.35. The standard InChI is InChI=1S/C32H29N5O2/c1-21-14-15-25(31(38)37(3)39-4)20-29(21)33-22(2)23-16-18-26(19-17-23)34-32-35-28-13-9-8-12-27(28)30(36-32)24-10-6-5-7-11-24/h5-20,33H,2H2,1,3-4H3,(H,34,35,36). The van der Waals surface area contributed by atoms with Gasteiger partial charge >= 0.3 is 0 Å². The molecule has 5 rings (SSSR count). The van der Waals surface area contributed by atoms with Gasteiger partial charge in [-0.3, -0.25) is 9.63 Å². The van der Waals surface area contributed by atoms with E-state index in [0.29, 0.717) is 17.2 Å². The number of anilines is 3. The molecule has 7 heteroatoms. The van der Waals surface area contributed by atoms with Crippen LogP contribution in [-0.2, 0) is 4.84 Å². The van der Waals surface area contributed by atoms with Crippen molar-refractivity contribution in [1.82, 2.24) is 15.0 Å². The number of aromatic nitrogens is 2. The molecule has 2 N–H and O–H groups in total. The highest BCUT2D eigenvalue weighted by Crippen LogP contribution is 2.29. The summed E-state index contributed by atoms with van der Waals surface area (Å²) in [4.78, 5) is 27.1. The Morgan fingerprint density at radius 3 is 2.31 bits per heavy atom. The van der Waals surface area contributed by atoms with Crippen molar-refractivity contribution in [2.24, 2.45) is 0 Å². The van der Waals surface area contributed by atoms with Crippen molar-refractivity contribution in [3.05, 3.63) is 120 Å². The van der Waals surface area contributed by atoms with Crippen LogP contribution in [0.4, 0.5) is 17.3 Å². The van der Waals surface area contributed by atoms with Crippen LogP contribution in [0.2, 0.25) is 0 Å². The molecule has 0 unspecified atom stereocenters. The maximum atomic E-state index is 12.5. The van der Waals surface area contributed by atoms with Crippen molar-refractivity contribution in [2.75, 3.05) is 24.8 Å². The third-order valence-corrected chi connectivity index (χ3v) is 6.47. The Kier molecular flexibility index (Phi) is 7.34. The summed E-state index contributed by atoms with van der Waals surface area (Å²) < 4.78 is 0. The number of hydroxylamine groups is 2. The van der Waals surface area contributed by atoms with Crippen molar-refractivity contribution >= 4 is 39.8 Å². The summed E-state index contributed by atoms with van der Waals surface area (Å²) in [6.07, 6.45) is 0. The van der Waals surface area contributed by atoms with Crippen LogP contribution in [0.5, 0.6) is 0 Å². The summed E-state index contributed by atoms with van der Waals surface area (Å²) in [6.45, 7) is 6.18. The fourth-order valence-electron chi connectivity index (χ4n) is 4.22. The molecular formula is C32H29N5O2. The van der Waals surface area contributed by atoms with Crippen molar-refractivity contribution in [2.45, 2.75) is 6.92 Å². The van der Waals surface area contributed by atoms with Gasteiger partial charge in [-0.25, -0.2) is 15.0 Å². The summed E-state index contributed by atoms with van der Waals surface area (Å²) in [5.41, 5.74) is 7.58. The van der Waals surface area contributed by atoms with E-state index in [9.17, 15) is 4.79 Å². The number of nitrogens with zero attached hydrogens (tertiary/aromatic N) is 3. The first-order valence-corrected chi connectivity index (χ1v) is 12.5. The normalized spacial score (nSPS) is 10.7. The van der Waals surface area contributed by atoms with E-state index in [1.54, 1.807) is 19.2 Å². The average Bonchev–Trinajstić information content (AvgIpc) is 2.98. The minimum atomic E-state index is -0.229. The van der Waals surface area contributed by atoms with Gasteiger partial charge in [-0.15, -0.1) is 0 Å². The fraction of sp³-hybridized carbons (Fsp3) is 0.0938. The minimum Gasteiger partial charge on any atom is -0.355 e. The molecule has 1 amide bonds. The second-order valence-corrected chi connectivity index (χ2v) is 9.10. The van der Waals surface area contributed by atoms with Crippen LogP contribution in [0.3, 0.4) is 0 Å². The molecule has 0 aliphatic heterocycles. The van der Waals surface area contributed by atoms with Gasteiger partial charge in [0, 0.05) is 40.6 Å². The summed E-state index contributed by atoms with van der Waals surface area (Å²) >= 11 is 0. The zero-order chi connectivity index (χ0) is 27.4. The molecule has 4 aromatic carbocycles. The molecule has 0 aliphatic carbocycles. The van der Waals surface area contributed by atoms with Gasteiger partial charge in [0.2, 0.25) is 5.95 Å². The van der Waals surface area contributed by atoms with Crippen LogP contribution in [0, 0.1) is 6.92 Å². The lowest BCUT2D eigenvalue weighted by molar-refractivity contribution is -0.0756. The van der Waals surface area contributed by atoms with E-state index in [1.807, 2.05) is 79.7 Å². The number of rotatable bonds is 8. The molecule has 0 radical (unpaired) electrons. The Bertz CT molecular complexity index is 1650. The van der Waals surface area contributed by atoms with Crippen LogP contribution in [0.15, 0.2) is 104 Å². The number of amides is 1. The van der Waals surface area contributed by atoms with Crippen molar-refractivity contribution in [3.8, 4) is 11.3 Å². The molecule has 0 bridgehead atoms. The molecular weight excluding hydrogens is 486 g/mol. The van der Waals surface area contributed by atoms with Crippen LogP contribution in [0.25, 0.3) is 27.9 Å². The molecule has 0 saturated carbocycles. The smallest absolute Gasteiger partial charge is 0.277 e. The zero-order valence-electron chi connectivity index (χ0n) is 22.1. The van der Waals surface area contributed by atoms with E-state index >= 15 is 0 Å². The van der Waals surface area contributed by atoms with Crippen LogP contribution >= 0.6 is 0 Å². The van der Waals surface area contributed by atoms with Gasteiger partial charge in [-0.2, -0.15) is 0 Å². The lowest BCUT2D eigenvalue weighted by atomic mass is 10.1. The van der Waals surface area contributed by atoms with Crippen molar-refractivity contribution in [1.29, 1.82) is 0 Å². The summed E-state index contributed by atoms with van der Waals surface area (Å²) in [5.74, 6) is 0.295. The topological polar surface area (TPSA) is 79.4 Å². The van der Waals surface area contributed by atoms with Crippen LogP contribution in [-0.4, -0.2) is 35.1 Å².